The third-order valence-corrected chi connectivity index (χ3v) is 4.73. The van der Waals surface area contributed by atoms with Gasteiger partial charge in [-0.2, -0.15) is 0 Å². The molecule has 0 aliphatic heterocycles. The Hall–Kier alpha value is -0.745. The Labute approximate surface area is 149 Å². The zero-order valence-corrected chi connectivity index (χ0v) is 14.9. The highest BCUT2D eigenvalue weighted by molar-refractivity contribution is 6.42. The van der Waals surface area contributed by atoms with Crippen LogP contribution in [-0.2, 0) is 11.3 Å². The Balaban J connectivity index is 2.51. The molecule has 0 aliphatic rings. The standard InChI is InChI=1S/C16H23BCl2N2O2/c1-20-16(15(22)23,6-2-3-8-17)7-9-21-11-12-4-5-13(18)14(19)10-12/h4-5,10,20-21H,2-3,6-9,11H2,1H3,(H,22,23). The molecule has 1 rings (SSSR count). The van der Waals surface area contributed by atoms with Crippen molar-refractivity contribution >= 4 is 37.0 Å². The Bertz CT molecular complexity index is 517. The molecule has 3 N–H and O–H groups in total. The van der Waals surface area contributed by atoms with Crippen LogP contribution in [-0.4, -0.2) is 38.1 Å². The Morgan fingerprint density at radius 2 is 2.00 bits per heavy atom. The number of aliphatic carboxylic acids is 1. The first-order valence-electron chi connectivity index (χ1n) is 7.72. The summed E-state index contributed by atoms with van der Waals surface area (Å²) in [5, 5.41) is 16.8. The van der Waals surface area contributed by atoms with Gasteiger partial charge in [0.1, 0.15) is 5.54 Å². The van der Waals surface area contributed by atoms with Crippen molar-refractivity contribution in [1.29, 1.82) is 0 Å². The zero-order chi connectivity index (χ0) is 17.3. The van der Waals surface area contributed by atoms with Crippen LogP contribution >= 0.6 is 23.2 Å². The molecule has 1 unspecified atom stereocenters. The summed E-state index contributed by atoms with van der Waals surface area (Å²) in [6.45, 7) is 1.19. The van der Waals surface area contributed by atoms with Crippen molar-refractivity contribution in [2.24, 2.45) is 0 Å². The number of carboxylic acids is 1. The van der Waals surface area contributed by atoms with Crippen LogP contribution in [0.5, 0.6) is 0 Å². The molecular formula is C16H23BCl2N2O2. The second kappa shape index (κ2) is 10.2. The fourth-order valence-electron chi connectivity index (χ4n) is 2.45. The highest BCUT2D eigenvalue weighted by Gasteiger charge is 2.35. The number of carboxylic acid groups (broad SMARTS) is 1. The largest absolute Gasteiger partial charge is 0.480 e. The van der Waals surface area contributed by atoms with Gasteiger partial charge in [-0.15, -0.1) is 0 Å². The molecule has 0 amide bonds. The van der Waals surface area contributed by atoms with E-state index >= 15 is 0 Å². The van der Waals surface area contributed by atoms with Crippen LogP contribution in [0.25, 0.3) is 0 Å². The lowest BCUT2D eigenvalue weighted by molar-refractivity contribution is -0.145. The fraction of sp³-hybridized carbons (Fsp3) is 0.562. The molecular weight excluding hydrogens is 334 g/mol. The summed E-state index contributed by atoms with van der Waals surface area (Å²) in [7, 11) is 7.17. The average Bonchev–Trinajstić information content (AvgIpc) is 2.53. The summed E-state index contributed by atoms with van der Waals surface area (Å²) in [4.78, 5) is 11.6. The van der Waals surface area contributed by atoms with Gasteiger partial charge in [0.15, 0.2) is 0 Å². The van der Waals surface area contributed by atoms with E-state index in [1.54, 1.807) is 19.2 Å². The summed E-state index contributed by atoms with van der Waals surface area (Å²) in [6.07, 6.45) is 3.24. The lowest BCUT2D eigenvalue weighted by atomic mass is 9.87. The second-order valence-electron chi connectivity index (χ2n) is 5.56. The molecule has 126 valence electrons. The molecule has 7 heteroatoms. The predicted octanol–water partition coefficient (Wildman–Crippen LogP) is 3.27. The SMILES string of the molecule is [B]CCCCC(CCNCc1ccc(Cl)c(Cl)c1)(NC)C(=O)O. The molecule has 0 saturated heterocycles. The van der Waals surface area contributed by atoms with E-state index in [0.717, 1.165) is 18.4 Å². The number of carbonyl (C=O) groups is 1. The Morgan fingerprint density at radius 1 is 1.26 bits per heavy atom. The summed E-state index contributed by atoms with van der Waals surface area (Å²) < 4.78 is 0. The minimum Gasteiger partial charge on any atom is -0.480 e. The maximum atomic E-state index is 11.6. The fourth-order valence-corrected chi connectivity index (χ4v) is 2.77. The number of hydrogen-bond donors (Lipinski definition) is 3. The van der Waals surface area contributed by atoms with Gasteiger partial charge in [-0.25, -0.2) is 0 Å². The van der Waals surface area contributed by atoms with Crippen molar-refractivity contribution < 1.29 is 9.90 Å². The van der Waals surface area contributed by atoms with Gasteiger partial charge >= 0.3 is 5.97 Å². The molecule has 1 atom stereocenters. The normalized spacial score (nSPS) is 13.7. The Morgan fingerprint density at radius 3 is 2.57 bits per heavy atom. The van der Waals surface area contributed by atoms with E-state index in [-0.39, 0.29) is 0 Å². The van der Waals surface area contributed by atoms with Crippen molar-refractivity contribution in [3.05, 3.63) is 33.8 Å². The number of halogens is 2. The monoisotopic (exact) mass is 356 g/mol. The summed E-state index contributed by atoms with van der Waals surface area (Å²) in [5.41, 5.74) is 0.0905. The first-order valence-corrected chi connectivity index (χ1v) is 8.48. The van der Waals surface area contributed by atoms with E-state index in [1.807, 2.05) is 6.07 Å². The van der Waals surface area contributed by atoms with Gasteiger partial charge in [-0.1, -0.05) is 48.4 Å². The van der Waals surface area contributed by atoms with Crippen LogP contribution < -0.4 is 10.6 Å². The number of likely N-dealkylation sites (N-methyl/N-ethyl adjacent to an activating group) is 1. The van der Waals surface area contributed by atoms with Crippen LogP contribution in [0.1, 0.15) is 31.2 Å². The average molecular weight is 357 g/mol. The van der Waals surface area contributed by atoms with Gasteiger partial charge in [0.2, 0.25) is 0 Å². The molecule has 0 aliphatic carbocycles. The molecule has 0 heterocycles. The lowest BCUT2D eigenvalue weighted by Crippen LogP contribution is -2.52. The number of rotatable bonds is 11. The number of benzene rings is 1. The second-order valence-corrected chi connectivity index (χ2v) is 6.37. The topological polar surface area (TPSA) is 61.4 Å². The quantitative estimate of drug-likeness (QED) is 0.420. The van der Waals surface area contributed by atoms with Crippen molar-refractivity contribution in [3.63, 3.8) is 0 Å². The summed E-state index contributed by atoms with van der Waals surface area (Å²) in [6, 6.07) is 5.45. The predicted molar refractivity (Wildman–Crippen MR) is 96.6 cm³/mol. The maximum Gasteiger partial charge on any atom is 0.323 e. The van der Waals surface area contributed by atoms with Crippen LogP contribution in [0.3, 0.4) is 0 Å². The molecule has 0 aromatic heterocycles. The first kappa shape index (κ1) is 20.3. The highest BCUT2D eigenvalue weighted by atomic mass is 35.5. The number of nitrogens with one attached hydrogen (secondary N) is 2. The lowest BCUT2D eigenvalue weighted by Gasteiger charge is -2.29. The van der Waals surface area contributed by atoms with Crippen LogP contribution in [0.15, 0.2) is 18.2 Å². The minimum absolute atomic E-state index is 0.491. The van der Waals surface area contributed by atoms with Gasteiger partial charge in [0.05, 0.1) is 17.9 Å². The maximum absolute atomic E-state index is 11.6. The zero-order valence-electron chi connectivity index (χ0n) is 13.4. The van der Waals surface area contributed by atoms with E-state index in [2.05, 4.69) is 10.6 Å². The van der Waals surface area contributed by atoms with Gasteiger partial charge in [0.25, 0.3) is 0 Å². The third-order valence-electron chi connectivity index (χ3n) is 3.99. The van der Waals surface area contributed by atoms with E-state index in [0.29, 0.717) is 42.3 Å². The number of unbranched alkanes of at least 4 members (excludes halogenated alkanes) is 1. The molecule has 0 bridgehead atoms. The van der Waals surface area contributed by atoms with Crippen molar-refractivity contribution in [3.8, 4) is 0 Å². The minimum atomic E-state index is -0.917. The van der Waals surface area contributed by atoms with Gasteiger partial charge in [-0.3, -0.25) is 4.79 Å². The smallest absolute Gasteiger partial charge is 0.323 e. The van der Waals surface area contributed by atoms with Gasteiger partial charge in [-0.05, 0) is 44.1 Å². The molecule has 0 spiro atoms. The number of hydrogen-bond acceptors (Lipinski definition) is 3. The van der Waals surface area contributed by atoms with E-state index in [9.17, 15) is 9.90 Å². The van der Waals surface area contributed by atoms with Crippen LogP contribution in [0, 0.1) is 0 Å². The van der Waals surface area contributed by atoms with Crippen LogP contribution in [0.4, 0.5) is 0 Å². The molecule has 2 radical (unpaired) electrons. The molecule has 23 heavy (non-hydrogen) atoms. The summed E-state index contributed by atoms with van der Waals surface area (Å²) >= 11 is 11.9. The van der Waals surface area contributed by atoms with E-state index in [1.165, 1.54) is 0 Å². The van der Waals surface area contributed by atoms with Crippen molar-refractivity contribution in [2.75, 3.05) is 13.6 Å². The van der Waals surface area contributed by atoms with Gasteiger partial charge < -0.3 is 15.7 Å². The molecule has 4 nitrogen and oxygen atoms in total. The third kappa shape index (κ3) is 6.34. The van der Waals surface area contributed by atoms with E-state index in [4.69, 9.17) is 31.0 Å². The first-order chi connectivity index (χ1) is 10.9. The van der Waals surface area contributed by atoms with Gasteiger partial charge in [0, 0.05) is 6.54 Å². The van der Waals surface area contributed by atoms with Crippen LogP contribution in [0.2, 0.25) is 16.4 Å². The highest BCUT2D eigenvalue weighted by Crippen LogP contribution is 2.23. The van der Waals surface area contributed by atoms with Crippen molar-refractivity contribution in [2.45, 2.75) is 44.1 Å². The molecule has 1 aromatic rings. The molecule has 0 saturated carbocycles. The Kier molecular flexibility index (Phi) is 8.99. The molecule has 1 aromatic carbocycles. The van der Waals surface area contributed by atoms with Crippen molar-refractivity contribution in [1.82, 2.24) is 10.6 Å². The van der Waals surface area contributed by atoms with E-state index < -0.39 is 11.5 Å². The summed E-state index contributed by atoms with van der Waals surface area (Å²) in [5.74, 6) is -0.826. The molecule has 0 fully saturated rings.